The van der Waals surface area contributed by atoms with Crippen molar-refractivity contribution in [3.05, 3.63) is 66.5 Å². The Bertz CT molecular complexity index is 1010. The molecule has 3 nitrogen and oxygen atoms in total. The molecule has 0 N–H and O–H groups in total. The molecule has 0 aliphatic rings. The fraction of sp³-hybridized carbons (Fsp3) is 0.100. The molecule has 0 aliphatic heterocycles. The van der Waals surface area contributed by atoms with Gasteiger partial charge in [-0.25, -0.2) is 0 Å². The van der Waals surface area contributed by atoms with Crippen molar-refractivity contribution >= 4 is 21.8 Å². The van der Waals surface area contributed by atoms with E-state index < -0.39 is 0 Å². The lowest BCUT2D eigenvalue weighted by atomic mass is 9.97. The molecule has 0 spiro atoms. The molecule has 112 valence electrons. The molecule has 4 rings (SSSR count). The van der Waals surface area contributed by atoms with Crippen LogP contribution in [0, 0.1) is 6.92 Å². The van der Waals surface area contributed by atoms with E-state index in [0.29, 0.717) is 0 Å². The SMILES string of the molecule is COc1ccc(-c2c(C)cnc3c2cnc2ccccc23)cc1. The van der Waals surface area contributed by atoms with Crippen molar-refractivity contribution in [3.63, 3.8) is 0 Å². The highest BCUT2D eigenvalue weighted by molar-refractivity contribution is 6.08. The molecule has 0 atom stereocenters. The summed E-state index contributed by atoms with van der Waals surface area (Å²) in [5.41, 5.74) is 5.42. The second-order valence-corrected chi connectivity index (χ2v) is 5.58. The van der Waals surface area contributed by atoms with Crippen LogP contribution in [0.15, 0.2) is 60.9 Å². The third kappa shape index (κ3) is 2.21. The Morgan fingerprint density at radius 1 is 0.826 bits per heavy atom. The van der Waals surface area contributed by atoms with Crippen molar-refractivity contribution < 1.29 is 4.74 Å². The van der Waals surface area contributed by atoms with Gasteiger partial charge < -0.3 is 4.74 Å². The van der Waals surface area contributed by atoms with E-state index in [1.807, 2.05) is 42.7 Å². The molecule has 2 aromatic heterocycles. The van der Waals surface area contributed by atoms with Crippen LogP contribution in [0.4, 0.5) is 0 Å². The Labute approximate surface area is 134 Å². The van der Waals surface area contributed by atoms with Crippen LogP contribution in [0.3, 0.4) is 0 Å². The summed E-state index contributed by atoms with van der Waals surface area (Å²) in [4.78, 5) is 9.27. The van der Waals surface area contributed by atoms with Gasteiger partial charge in [-0.05, 0) is 41.8 Å². The van der Waals surface area contributed by atoms with Gasteiger partial charge in [0, 0.05) is 23.2 Å². The normalized spacial score (nSPS) is 11.0. The quantitative estimate of drug-likeness (QED) is 0.500. The predicted octanol–water partition coefficient (Wildman–Crippen LogP) is 4.77. The van der Waals surface area contributed by atoms with Gasteiger partial charge >= 0.3 is 0 Å². The summed E-state index contributed by atoms with van der Waals surface area (Å²) in [6.07, 6.45) is 3.87. The van der Waals surface area contributed by atoms with Gasteiger partial charge in [0.25, 0.3) is 0 Å². The van der Waals surface area contributed by atoms with Crippen LogP contribution in [-0.2, 0) is 0 Å². The highest BCUT2D eigenvalue weighted by Gasteiger charge is 2.11. The summed E-state index contributed by atoms with van der Waals surface area (Å²) >= 11 is 0. The van der Waals surface area contributed by atoms with Crippen molar-refractivity contribution in [2.45, 2.75) is 6.92 Å². The van der Waals surface area contributed by atoms with E-state index >= 15 is 0 Å². The first-order chi connectivity index (χ1) is 11.3. The molecule has 0 bridgehead atoms. The molecule has 2 aromatic carbocycles. The molecular weight excluding hydrogens is 284 g/mol. The third-order valence-corrected chi connectivity index (χ3v) is 4.18. The van der Waals surface area contributed by atoms with Crippen LogP contribution in [0.1, 0.15) is 5.56 Å². The molecule has 0 fully saturated rings. The number of hydrogen-bond donors (Lipinski definition) is 0. The topological polar surface area (TPSA) is 35.0 Å². The highest BCUT2D eigenvalue weighted by Crippen LogP contribution is 2.33. The molecule has 0 radical (unpaired) electrons. The minimum Gasteiger partial charge on any atom is -0.497 e. The van der Waals surface area contributed by atoms with Gasteiger partial charge in [0.1, 0.15) is 5.75 Å². The maximum Gasteiger partial charge on any atom is 0.118 e. The van der Waals surface area contributed by atoms with Gasteiger partial charge in [0.15, 0.2) is 0 Å². The van der Waals surface area contributed by atoms with Crippen LogP contribution >= 0.6 is 0 Å². The third-order valence-electron chi connectivity index (χ3n) is 4.18. The second-order valence-electron chi connectivity index (χ2n) is 5.58. The van der Waals surface area contributed by atoms with Crippen molar-refractivity contribution in [2.24, 2.45) is 0 Å². The smallest absolute Gasteiger partial charge is 0.118 e. The largest absolute Gasteiger partial charge is 0.497 e. The molecule has 0 saturated carbocycles. The summed E-state index contributed by atoms with van der Waals surface area (Å²) in [5.74, 6) is 0.855. The summed E-state index contributed by atoms with van der Waals surface area (Å²) in [5, 5.41) is 2.16. The van der Waals surface area contributed by atoms with E-state index in [2.05, 4.69) is 35.1 Å². The molecule has 4 aromatic rings. The lowest BCUT2D eigenvalue weighted by molar-refractivity contribution is 0.415. The fourth-order valence-corrected chi connectivity index (χ4v) is 3.03. The average Bonchev–Trinajstić information content (AvgIpc) is 2.61. The van der Waals surface area contributed by atoms with Crippen LogP contribution < -0.4 is 4.74 Å². The molecule has 23 heavy (non-hydrogen) atoms. The molecular formula is C20H16N2O. The molecule has 0 amide bonds. The van der Waals surface area contributed by atoms with Gasteiger partial charge in [-0.3, -0.25) is 9.97 Å². The van der Waals surface area contributed by atoms with Gasteiger partial charge in [-0.15, -0.1) is 0 Å². The number of hydrogen-bond acceptors (Lipinski definition) is 3. The number of benzene rings is 2. The van der Waals surface area contributed by atoms with Gasteiger partial charge in [-0.1, -0.05) is 30.3 Å². The summed E-state index contributed by atoms with van der Waals surface area (Å²) in [6.45, 7) is 2.08. The molecule has 0 aliphatic carbocycles. The zero-order chi connectivity index (χ0) is 15.8. The van der Waals surface area contributed by atoms with Crippen LogP contribution in [-0.4, -0.2) is 17.1 Å². The molecule has 3 heteroatoms. The monoisotopic (exact) mass is 300 g/mol. The zero-order valence-electron chi connectivity index (χ0n) is 13.1. The highest BCUT2D eigenvalue weighted by atomic mass is 16.5. The average molecular weight is 300 g/mol. The number of rotatable bonds is 2. The first kappa shape index (κ1) is 13.7. The van der Waals surface area contributed by atoms with Gasteiger partial charge in [-0.2, -0.15) is 0 Å². The van der Waals surface area contributed by atoms with E-state index in [1.54, 1.807) is 7.11 Å². The van der Waals surface area contributed by atoms with Crippen molar-refractivity contribution in [2.75, 3.05) is 7.11 Å². The minimum absolute atomic E-state index is 0.855. The Balaban J connectivity index is 2.04. The summed E-state index contributed by atoms with van der Waals surface area (Å²) < 4.78 is 5.26. The first-order valence-electron chi connectivity index (χ1n) is 7.55. The van der Waals surface area contributed by atoms with E-state index in [0.717, 1.165) is 38.7 Å². The number of methoxy groups -OCH3 is 1. The number of para-hydroxylation sites is 1. The van der Waals surface area contributed by atoms with E-state index in [1.165, 1.54) is 5.56 Å². The molecule has 0 saturated heterocycles. The standard InChI is InChI=1S/C20H16N2O/c1-13-11-22-20-16-5-3-4-6-18(16)21-12-17(20)19(13)14-7-9-15(23-2)10-8-14/h3-12H,1-2H3. The fourth-order valence-electron chi connectivity index (χ4n) is 3.03. The van der Waals surface area contributed by atoms with Crippen LogP contribution in [0.5, 0.6) is 5.75 Å². The van der Waals surface area contributed by atoms with E-state index in [-0.39, 0.29) is 0 Å². The number of nitrogens with zero attached hydrogens (tertiary/aromatic N) is 2. The van der Waals surface area contributed by atoms with Crippen molar-refractivity contribution in [1.29, 1.82) is 0 Å². The number of ether oxygens (including phenoxy) is 1. The molecule has 2 heterocycles. The summed E-state index contributed by atoms with van der Waals surface area (Å²) in [7, 11) is 1.68. The van der Waals surface area contributed by atoms with Crippen molar-refractivity contribution in [3.8, 4) is 16.9 Å². The minimum atomic E-state index is 0.855. The second kappa shape index (κ2) is 5.36. The van der Waals surface area contributed by atoms with Crippen molar-refractivity contribution in [1.82, 2.24) is 9.97 Å². The Morgan fingerprint density at radius 3 is 2.39 bits per heavy atom. The number of pyridine rings is 2. The van der Waals surface area contributed by atoms with Crippen LogP contribution in [0.25, 0.3) is 32.9 Å². The predicted molar refractivity (Wildman–Crippen MR) is 93.8 cm³/mol. The van der Waals surface area contributed by atoms with E-state index in [9.17, 15) is 0 Å². The van der Waals surface area contributed by atoms with E-state index in [4.69, 9.17) is 4.74 Å². The Morgan fingerprint density at radius 2 is 1.61 bits per heavy atom. The molecule has 0 unspecified atom stereocenters. The van der Waals surface area contributed by atoms with Gasteiger partial charge in [0.05, 0.1) is 18.1 Å². The first-order valence-corrected chi connectivity index (χ1v) is 7.55. The Hall–Kier alpha value is -2.94. The summed E-state index contributed by atoms with van der Waals surface area (Å²) in [6, 6.07) is 16.2. The van der Waals surface area contributed by atoms with Crippen LogP contribution in [0.2, 0.25) is 0 Å². The zero-order valence-corrected chi connectivity index (χ0v) is 13.1. The maximum absolute atomic E-state index is 5.26. The lowest BCUT2D eigenvalue weighted by Gasteiger charge is -2.12. The van der Waals surface area contributed by atoms with Gasteiger partial charge in [0.2, 0.25) is 0 Å². The number of aromatic nitrogens is 2. The maximum atomic E-state index is 5.26. The Kier molecular flexibility index (Phi) is 3.19. The number of fused-ring (bicyclic) bond motifs is 3. The number of aryl methyl sites for hydroxylation is 1. The lowest BCUT2D eigenvalue weighted by Crippen LogP contribution is -1.92.